The number of aliphatic carboxylic acids is 1. The van der Waals surface area contributed by atoms with Crippen molar-refractivity contribution in [3.8, 4) is 10.4 Å². The smallest absolute Gasteiger partial charge is 0.303 e. The molecule has 29 heavy (non-hydrogen) atoms. The second-order valence-corrected chi connectivity index (χ2v) is 7.87. The molecule has 0 bridgehead atoms. The maximum absolute atomic E-state index is 13.2. The molecule has 2 aromatic carbocycles. The number of fused-ring (bicyclic) bond motifs is 1. The summed E-state index contributed by atoms with van der Waals surface area (Å²) in [5.74, 6) is -0.195. The lowest BCUT2D eigenvalue weighted by atomic mass is 10.1. The average Bonchev–Trinajstić information content (AvgIpc) is 3.16. The fourth-order valence-electron chi connectivity index (χ4n) is 3.33. The molecule has 0 unspecified atom stereocenters. The molecule has 0 amide bonds. The van der Waals surface area contributed by atoms with Gasteiger partial charge in [0.25, 0.3) is 5.56 Å². The lowest BCUT2D eigenvalue weighted by Crippen LogP contribution is -2.25. The average molecular weight is 404 g/mol. The van der Waals surface area contributed by atoms with Crippen LogP contribution in [0.25, 0.3) is 20.7 Å². The molecule has 0 atom stereocenters. The van der Waals surface area contributed by atoms with E-state index >= 15 is 0 Å². The van der Waals surface area contributed by atoms with Crippen LogP contribution in [-0.2, 0) is 17.8 Å². The molecule has 0 aliphatic carbocycles. The fraction of sp³-hybridized carbons (Fsp3) is 0.174. The number of carbonyl (C=O) groups is 1. The van der Waals surface area contributed by atoms with E-state index in [4.69, 9.17) is 10.1 Å². The number of carboxylic acid groups (broad SMARTS) is 1. The third-order valence-corrected chi connectivity index (χ3v) is 5.84. The molecule has 6 heteroatoms. The molecule has 0 saturated carbocycles. The van der Waals surface area contributed by atoms with Gasteiger partial charge >= 0.3 is 5.97 Å². The summed E-state index contributed by atoms with van der Waals surface area (Å²) in [7, 11) is 0. The summed E-state index contributed by atoms with van der Waals surface area (Å²) in [5, 5.41) is 9.55. The van der Waals surface area contributed by atoms with Crippen molar-refractivity contribution in [1.29, 1.82) is 0 Å². The number of thiophene rings is 1. The van der Waals surface area contributed by atoms with Gasteiger partial charge in [0.2, 0.25) is 0 Å². The highest BCUT2D eigenvalue weighted by Gasteiger charge is 2.15. The van der Waals surface area contributed by atoms with E-state index in [1.165, 1.54) is 11.3 Å². The predicted octanol–water partition coefficient (Wildman–Crippen LogP) is 4.58. The Kier molecular flexibility index (Phi) is 5.53. The van der Waals surface area contributed by atoms with Crippen molar-refractivity contribution in [2.75, 3.05) is 0 Å². The van der Waals surface area contributed by atoms with Gasteiger partial charge in [-0.2, -0.15) is 0 Å². The van der Waals surface area contributed by atoms with Gasteiger partial charge in [-0.25, -0.2) is 4.98 Å². The van der Waals surface area contributed by atoms with Crippen molar-refractivity contribution < 1.29 is 9.90 Å². The molecule has 146 valence electrons. The van der Waals surface area contributed by atoms with Crippen molar-refractivity contribution in [2.45, 2.75) is 25.8 Å². The van der Waals surface area contributed by atoms with Crippen LogP contribution in [0.15, 0.2) is 71.5 Å². The number of hydrogen-bond donors (Lipinski definition) is 1. The third-order valence-electron chi connectivity index (χ3n) is 4.77. The molecule has 2 aromatic heterocycles. The third kappa shape index (κ3) is 4.27. The van der Waals surface area contributed by atoms with Crippen LogP contribution in [0.2, 0.25) is 0 Å². The van der Waals surface area contributed by atoms with Crippen LogP contribution in [0.3, 0.4) is 0 Å². The summed E-state index contributed by atoms with van der Waals surface area (Å²) in [5.41, 5.74) is 2.01. The SMILES string of the molecule is O=C(O)CCCn1c(Cc2ccccc2)nc2sc(-c3ccccc3)cc2c1=O. The first-order chi connectivity index (χ1) is 14.1. The Labute approximate surface area is 171 Å². The zero-order valence-corrected chi connectivity index (χ0v) is 16.6. The minimum absolute atomic E-state index is 0.0220. The Balaban J connectivity index is 1.79. The first-order valence-corrected chi connectivity index (χ1v) is 10.3. The molecule has 0 radical (unpaired) electrons. The van der Waals surface area contributed by atoms with Gasteiger partial charge in [-0.3, -0.25) is 14.2 Å². The van der Waals surface area contributed by atoms with E-state index in [0.29, 0.717) is 35.4 Å². The van der Waals surface area contributed by atoms with E-state index in [-0.39, 0.29) is 12.0 Å². The molecule has 0 fully saturated rings. The quantitative estimate of drug-likeness (QED) is 0.489. The lowest BCUT2D eigenvalue weighted by molar-refractivity contribution is -0.137. The zero-order chi connectivity index (χ0) is 20.2. The van der Waals surface area contributed by atoms with Crippen molar-refractivity contribution >= 4 is 27.5 Å². The molecule has 4 aromatic rings. The molecule has 2 heterocycles. The molecular formula is C23H20N2O3S. The first kappa shape index (κ1) is 19.1. The lowest BCUT2D eigenvalue weighted by Gasteiger charge is -2.12. The van der Waals surface area contributed by atoms with Crippen LogP contribution in [-0.4, -0.2) is 20.6 Å². The minimum Gasteiger partial charge on any atom is -0.481 e. The highest BCUT2D eigenvalue weighted by Crippen LogP contribution is 2.31. The predicted molar refractivity (Wildman–Crippen MR) is 115 cm³/mol. The maximum Gasteiger partial charge on any atom is 0.303 e. The first-order valence-electron chi connectivity index (χ1n) is 9.46. The number of hydrogen-bond acceptors (Lipinski definition) is 4. The van der Waals surface area contributed by atoms with Crippen LogP contribution in [0.1, 0.15) is 24.2 Å². The topological polar surface area (TPSA) is 72.2 Å². The summed E-state index contributed by atoms with van der Waals surface area (Å²) >= 11 is 1.51. The second kappa shape index (κ2) is 8.41. The van der Waals surface area contributed by atoms with E-state index in [9.17, 15) is 9.59 Å². The molecule has 5 nitrogen and oxygen atoms in total. The van der Waals surface area contributed by atoms with Gasteiger partial charge in [-0.15, -0.1) is 11.3 Å². The van der Waals surface area contributed by atoms with Crippen molar-refractivity contribution in [2.24, 2.45) is 0 Å². The standard InChI is InChI=1S/C23H20N2O3S/c26-21(27)12-7-13-25-20(14-16-8-3-1-4-9-16)24-22-18(23(25)28)15-19(29-22)17-10-5-2-6-11-17/h1-6,8-11,15H,7,12-14H2,(H,26,27). The van der Waals surface area contributed by atoms with Gasteiger partial charge in [-0.05, 0) is 23.6 Å². The van der Waals surface area contributed by atoms with E-state index in [2.05, 4.69) is 0 Å². The van der Waals surface area contributed by atoms with Gasteiger partial charge in [-0.1, -0.05) is 60.7 Å². The van der Waals surface area contributed by atoms with Gasteiger partial charge in [0.1, 0.15) is 10.7 Å². The van der Waals surface area contributed by atoms with Gasteiger partial charge < -0.3 is 5.11 Å². The van der Waals surface area contributed by atoms with Gasteiger partial charge in [0.15, 0.2) is 0 Å². The molecular weight excluding hydrogens is 384 g/mol. The van der Waals surface area contributed by atoms with Crippen molar-refractivity contribution in [1.82, 2.24) is 9.55 Å². The summed E-state index contributed by atoms with van der Waals surface area (Å²) in [4.78, 5) is 30.7. The number of nitrogens with zero attached hydrogens (tertiary/aromatic N) is 2. The van der Waals surface area contributed by atoms with Gasteiger partial charge in [0.05, 0.1) is 5.39 Å². The second-order valence-electron chi connectivity index (χ2n) is 6.84. The molecule has 0 aliphatic rings. The molecule has 0 saturated heterocycles. The van der Waals surface area contributed by atoms with Crippen LogP contribution in [0.4, 0.5) is 0 Å². The Bertz CT molecular complexity index is 1200. The fourth-order valence-corrected chi connectivity index (χ4v) is 4.38. The number of aromatic nitrogens is 2. The normalized spacial score (nSPS) is 11.0. The Hall–Kier alpha value is -3.25. The van der Waals surface area contributed by atoms with Crippen LogP contribution < -0.4 is 5.56 Å². The summed E-state index contributed by atoms with van der Waals surface area (Å²) < 4.78 is 1.64. The monoisotopic (exact) mass is 404 g/mol. The molecule has 0 aliphatic heterocycles. The van der Waals surface area contributed by atoms with Crippen molar-refractivity contribution in [3.63, 3.8) is 0 Å². The zero-order valence-electron chi connectivity index (χ0n) is 15.7. The number of carboxylic acids is 1. The van der Waals surface area contributed by atoms with Crippen LogP contribution in [0, 0.1) is 0 Å². The summed E-state index contributed by atoms with van der Waals surface area (Å²) in [6.45, 7) is 0.340. The number of rotatable bonds is 7. The van der Waals surface area contributed by atoms with Crippen LogP contribution >= 0.6 is 11.3 Å². The Morgan fingerprint density at radius 3 is 2.41 bits per heavy atom. The van der Waals surface area contributed by atoms with Crippen LogP contribution in [0.5, 0.6) is 0 Å². The molecule has 4 rings (SSSR count). The highest BCUT2D eigenvalue weighted by atomic mass is 32.1. The van der Waals surface area contributed by atoms with E-state index in [1.54, 1.807) is 4.57 Å². The number of benzene rings is 2. The minimum atomic E-state index is -0.862. The van der Waals surface area contributed by atoms with E-state index in [1.807, 2.05) is 66.7 Å². The Morgan fingerprint density at radius 2 is 1.72 bits per heavy atom. The highest BCUT2D eigenvalue weighted by molar-refractivity contribution is 7.21. The van der Waals surface area contributed by atoms with E-state index in [0.717, 1.165) is 16.0 Å². The maximum atomic E-state index is 13.2. The van der Waals surface area contributed by atoms with E-state index < -0.39 is 5.97 Å². The Morgan fingerprint density at radius 1 is 1.03 bits per heavy atom. The summed E-state index contributed by atoms with van der Waals surface area (Å²) in [6.07, 6.45) is 0.936. The largest absolute Gasteiger partial charge is 0.481 e. The molecule has 1 N–H and O–H groups in total. The van der Waals surface area contributed by atoms with Crippen molar-refractivity contribution in [3.05, 3.63) is 88.5 Å². The summed E-state index contributed by atoms with van der Waals surface area (Å²) in [6, 6.07) is 21.7. The molecule has 0 spiro atoms. The van der Waals surface area contributed by atoms with Gasteiger partial charge in [0, 0.05) is 24.3 Å².